The minimum Gasteiger partial charge on any atom is -0.476 e. The van der Waals surface area contributed by atoms with Crippen molar-refractivity contribution in [3.05, 3.63) is 52.5 Å². The van der Waals surface area contributed by atoms with Gasteiger partial charge in [-0.2, -0.15) is 0 Å². The second kappa shape index (κ2) is 5.44. The number of non-ortho nitro benzene ring substituents is 1. The molecule has 7 nitrogen and oxygen atoms in total. The largest absolute Gasteiger partial charge is 0.476 e. The molecule has 2 rings (SSSR count). The van der Waals surface area contributed by atoms with E-state index in [1.807, 2.05) is 0 Å². The molecule has 0 radical (unpaired) electrons. The molecule has 0 bridgehead atoms. The third-order valence-corrected chi connectivity index (χ3v) is 3.05. The standard InChI is InChI=1S/C11H7N3O4S/c15-11(16)9-5-13-10(6-12-9)19-8-3-1-7(2-4-8)14(17)18/h1-6H,(H,15,16). The van der Waals surface area contributed by atoms with Crippen molar-refractivity contribution >= 4 is 23.4 Å². The zero-order valence-corrected chi connectivity index (χ0v) is 10.2. The van der Waals surface area contributed by atoms with Crippen molar-refractivity contribution in [2.75, 3.05) is 0 Å². The van der Waals surface area contributed by atoms with Crippen LogP contribution >= 0.6 is 11.8 Å². The van der Waals surface area contributed by atoms with Gasteiger partial charge in [-0.15, -0.1) is 0 Å². The molecule has 0 aliphatic carbocycles. The molecule has 0 fully saturated rings. The Morgan fingerprint density at radius 1 is 1.21 bits per heavy atom. The first kappa shape index (κ1) is 13.0. The fourth-order valence-electron chi connectivity index (χ4n) is 1.24. The van der Waals surface area contributed by atoms with Gasteiger partial charge < -0.3 is 5.11 Å². The zero-order chi connectivity index (χ0) is 13.8. The number of benzene rings is 1. The van der Waals surface area contributed by atoms with Crippen LogP contribution in [0.15, 0.2) is 46.6 Å². The minimum absolute atomic E-state index is 0.0108. The van der Waals surface area contributed by atoms with Gasteiger partial charge in [0.2, 0.25) is 0 Å². The molecule has 0 aliphatic rings. The maximum Gasteiger partial charge on any atom is 0.356 e. The average molecular weight is 277 g/mol. The highest BCUT2D eigenvalue weighted by Crippen LogP contribution is 2.26. The van der Waals surface area contributed by atoms with Gasteiger partial charge in [-0.1, -0.05) is 11.8 Å². The molecule has 0 atom stereocenters. The van der Waals surface area contributed by atoms with Gasteiger partial charge in [0.25, 0.3) is 5.69 Å². The number of nitro benzene ring substituents is 1. The molecule has 0 unspecified atom stereocenters. The van der Waals surface area contributed by atoms with Crippen LogP contribution in [-0.4, -0.2) is 26.0 Å². The van der Waals surface area contributed by atoms with Crippen LogP contribution in [-0.2, 0) is 0 Å². The first-order valence-electron chi connectivity index (χ1n) is 5.04. The van der Waals surface area contributed by atoms with Gasteiger partial charge in [0, 0.05) is 17.0 Å². The number of carboxylic acids is 1. The van der Waals surface area contributed by atoms with Crippen LogP contribution in [0.4, 0.5) is 5.69 Å². The highest BCUT2D eigenvalue weighted by atomic mass is 32.2. The SMILES string of the molecule is O=C(O)c1cnc(Sc2ccc([N+](=O)[O-])cc2)cn1. The van der Waals surface area contributed by atoms with E-state index in [1.165, 1.54) is 30.1 Å². The molecule has 8 heteroatoms. The van der Waals surface area contributed by atoms with Crippen LogP contribution in [0.2, 0.25) is 0 Å². The summed E-state index contributed by atoms with van der Waals surface area (Å²) in [6.45, 7) is 0. The first-order valence-corrected chi connectivity index (χ1v) is 5.85. The normalized spacial score (nSPS) is 10.1. The number of carbonyl (C=O) groups is 1. The van der Waals surface area contributed by atoms with E-state index in [4.69, 9.17) is 5.11 Å². The molecule has 0 spiro atoms. The number of aromatic carboxylic acids is 1. The van der Waals surface area contributed by atoms with Crippen LogP contribution in [0.1, 0.15) is 10.5 Å². The summed E-state index contributed by atoms with van der Waals surface area (Å²) in [5.74, 6) is -1.14. The van der Waals surface area contributed by atoms with Crippen LogP contribution in [0.25, 0.3) is 0 Å². The summed E-state index contributed by atoms with van der Waals surface area (Å²) in [5.41, 5.74) is -0.121. The van der Waals surface area contributed by atoms with Gasteiger partial charge in [0.15, 0.2) is 5.69 Å². The lowest BCUT2D eigenvalue weighted by atomic mass is 10.3. The quantitative estimate of drug-likeness (QED) is 0.674. The summed E-state index contributed by atoms with van der Waals surface area (Å²) in [6.07, 6.45) is 2.51. The summed E-state index contributed by atoms with van der Waals surface area (Å²) in [4.78, 5) is 29.0. The summed E-state index contributed by atoms with van der Waals surface area (Å²) >= 11 is 1.24. The molecule has 1 heterocycles. The molecule has 0 amide bonds. The molecule has 19 heavy (non-hydrogen) atoms. The Balaban J connectivity index is 2.12. The Hall–Kier alpha value is -2.48. The van der Waals surface area contributed by atoms with E-state index < -0.39 is 10.9 Å². The van der Waals surface area contributed by atoms with Gasteiger partial charge >= 0.3 is 5.97 Å². The lowest BCUT2D eigenvalue weighted by molar-refractivity contribution is -0.384. The lowest BCUT2D eigenvalue weighted by Gasteiger charge is -2.00. The Kier molecular flexibility index (Phi) is 3.71. The highest BCUT2D eigenvalue weighted by Gasteiger charge is 2.07. The second-order valence-electron chi connectivity index (χ2n) is 3.40. The third kappa shape index (κ3) is 3.26. The molecule has 0 aliphatic heterocycles. The molecule has 1 aromatic carbocycles. The number of hydrogen-bond donors (Lipinski definition) is 1. The predicted octanol–water partition coefficient (Wildman–Crippen LogP) is 2.23. The molecule has 0 saturated carbocycles. The second-order valence-corrected chi connectivity index (χ2v) is 4.49. The third-order valence-electron chi connectivity index (χ3n) is 2.12. The lowest BCUT2D eigenvalue weighted by Crippen LogP contribution is -2.00. The van der Waals surface area contributed by atoms with E-state index in [-0.39, 0.29) is 11.4 Å². The Morgan fingerprint density at radius 2 is 1.89 bits per heavy atom. The average Bonchev–Trinajstić information content (AvgIpc) is 2.40. The summed E-state index contributed by atoms with van der Waals surface area (Å²) in [7, 11) is 0. The molecular formula is C11H7N3O4S. The minimum atomic E-state index is -1.14. The smallest absolute Gasteiger partial charge is 0.356 e. The number of carboxylic acid groups (broad SMARTS) is 1. The van der Waals surface area contributed by atoms with E-state index in [1.54, 1.807) is 12.1 Å². The van der Waals surface area contributed by atoms with E-state index in [0.717, 1.165) is 11.1 Å². The van der Waals surface area contributed by atoms with Crippen LogP contribution < -0.4 is 0 Å². The first-order chi connectivity index (χ1) is 9.06. The van der Waals surface area contributed by atoms with Gasteiger partial charge in [-0.3, -0.25) is 10.1 Å². The van der Waals surface area contributed by atoms with E-state index in [9.17, 15) is 14.9 Å². The number of aromatic nitrogens is 2. The van der Waals surface area contributed by atoms with Gasteiger partial charge in [-0.05, 0) is 12.1 Å². The monoisotopic (exact) mass is 277 g/mol. The van der Waals surface area contributed by atoms with E-state index in [2.05, 4.69) is 9.97 Å². The fourth-order valence-corrected chi connectivity index (χ4v) is 1.96. The zero-order valence-electron chi connectivity index (χ0n) is 9.39. The maximum atomic E-state index is 10.6. The Bertz CT molecular complexity index is 557. The summed E-state index contributed by atoms with van der Waals surface area (Å²) < 4.78 is 0. The van der Waals surface area contributed by atoms with Crippen molar-refractivity contribution in [1.82, 2.24) is 9.97 Å². The van der Waals surface area contributed by atoms with Crippen LogP contribution in [0.3, 0.4) is 0 Å². The summed E-state index contributed by atoms with van der Waals surface area (Å²) in [5, 5.41) is 19.7. The topological polar surface area (TPSA) is 106 Å². The van der Waals surface area contributed by atoms with Gasteiger partial charge in [-0.25, -0.2) is 14.8 Å². The molecule has 2 aromatic rings. The summed E-state index contributed by atoms with van der Waals surface area (Å²) in [6, 6.07) is 5.97. The van der Waals surface area contributed by atoms with Crippen molar-refractivity contribution < 1.29 is 14.8 Å². The number of nitro groups is 1. The van der Waals surface area contributed by atoms with Crippen molar-refractivity contribution in [3.63, 3.8) is 0 Å². The highest BCUT2D eigenvalue weighted by molar-refractivity contribution is 7.99. The van der Waals surface area contributed by atoms with Crippen molar-refractivity contribution in [3.8, 4) is 0 Å². The number of nitrogens with zero attached hydrogens (tertiary/aromatic N) is 3. The predicted molar refractivity (Wildman–Crippen MR) is 66.2 cm³/mol. The van der Waals surface area contributed by atoms with Crippen LogP contribution in [0, 0.1) is 10.1 Å². The molecular weight excluding hydrogens is 270 g/mol. The van der Waals surface area contributed by atoms with E-state index >= 15 is 0 Å². The Labute approximate surface area is 111 Å². The van der Waals surface area contributed by atoms with Crippen molar-refractivity contribution in [2.45, 2.75) is 9.92 Å². The van der Waals surface area contributed by atoms with E-state index in [0.29, 0.717) is 5.03 Å². The van der Waals surface area contributed by atoms with Crippen LogP contribution in [0.5, 0.6) is 0 Å². The van der Waals surface area contributed by atoms with Gasteiger partial charge in [0.05, 0.1) is 17.3 Å². The molecule has 1 N–H and O–H groups in total. The van der Waals surface area contributed by atoms with Gasteiger partial charge in [0.1, 0.15) is 5.03 Å². The van der Waals surface area contributed by atoms with Crippen molar-refractivity contribution in [2.24, 2.45) is 0 Å². The molecule has 0 saturated heterocycles. The number of hydrogen-bond acceptors (Lipinski definition) is 6. The maximum absolute atomic E-state index is 10.6. The molecule has 1 aromatic heterocycles. The fraction of sp³-hybridized carbons (Fsp3) is 0. The Morgan fingerprint density at radius 3 is 2.37 bits per heavy atom. The van der Waals surface area contributed by atoms with Crippen molar-refractivity contribution in [1.29, 1.82) is 0 Å². The number of rotatable bonds is 4. The molecule has 96 valence electrons.